The van der Waals surface area contributed by atoms with Crippen molar-refractivity contribution >= 4 is 97.2 Å². The molecule has 586 valence electrons. The van der Waals surface area contributed by atoms with Gasteiger partial charge in [0.05, 0.1) is 0 Å². The zero-order valence-corrected chi connectivity index (χ0v) is 59.3. The molecular weight excluding hydrogens is 1240 g/mol. The van der Waals surface area contributed by atoms with Crippen LogP contribution < -0.4 is 68.0 Å². The fraction of sp³-hybridized carbons (Fsp3) is 0.769. The number of aliphatic carboxylic acids is 3. The molecule has 0 aliphatic rings. The standard InChI is InChI=1S/C17H36N2O.C12H23NO3.2C4H9NO2.3C3H9N.3C2H7N.CH3NO.9CH2O.3CH4/c1-2-3-4-5-6-7-8-9-11-14-17(20)19-16-13-10-12-15-18;1-2-3-4-5-6-8-11(14)13-10-7-9-12(15)16;2*5-3-1-2-4(6)7;3*1-2-3-4;3*1-2-3;2-1-3;9*1-2;;;/h2-16,18H2,1H3,(H,19,20);2-10H2,1H3,(H,13,14)(H,15,16);2*1-3,5H2,(H,6,7);3*2-4H2,1H3;3*2-3H2,1H3;1H,(H2,2,3);9*1H2;3*1H4. The maximum absolute atomic E-state index is 11.5. The molecule has 0 heterocycles. The molecule has 3 amide bonds. The normalized spacial score (nSPS) is 7.25. The Bertz CT molecular complexity index is 1080. The fourth-order valence-electron chi connectivity index (χ4n) is 4.31. The number of carboxylic acid groups (broad SMARTS) is 3. The van der Waals surface area contributed by atoms with E-state index in [1.165, 1.54) is 70.6 Å². The van der Waals surface area contributed by atoms with Gasteiger partial charge in [-0.2, -0.15) is 0 Å². The highest BCUT2D eigenvalue weighted by molar-refractivity contribution is 5.76. The Hall–Kier alpha value is -6.51. The van der Waals surface area contributed by atoms with Crippen LogP contribution in [0.15, 0.2) is 0 Å². The van der Waals surface area contributed by atoms with Crippen LogP contribution in [-0.4, -0.2) is 185 Å². The molecule has 0 atom stereocenters. The van der Waals surface area contributed by atoms with Gasteiger partial charge >= 0.3 is 17.9 Å². The molecule has 0 radical (unpaired) electrons. The highest BCUT2D eigenvalue weighted by Gasteiger charge is 2.02. The molecule has 0 saturated heterocycles. The van der Waals surface area contributed by atoms with E-state index in [0.717, 1.165) is 110 Å². The Balaban J connectivity index is -0.0000000296. The van der Waals surface area contributed by atoms with Gasteiger partial charge in [-0.1, -0.05) is 161 Å². The van der Waals surface area contributed by atoms with Crippen molar-refractivity contribution < 1.29 is 87.2 Å². The predicted molar refractivity (Wildman–Crippen MR) is 400 cm³/mol. The smallest absolute Gasteiger partial charge is 0.303 e. The number of nitrogens with two attached hydrogens (primary N) is 10. The summed E-state index contributed by atoms with van der Waals surface area (Å²) in [6.07, 6.45) is 27.6. The Morgan fingerprint density at radius 2 is 0.453 bits per heavy atom. The Kier molecular flexibility index (Phi) is 427. The highest BCUT2D eigenvalue weighted by atomic mass is 16.4. The van der Waals surface area contributed by atoms with E-state index in [2.05, 4.69) is 51.0 Å². The minimum Gasteiger partial charge on any atom is -0.481 e. The van der Waals surface area contributed by atoms with Crippen molar-refractivity contribution in [1.29, 1.82) is 0 Å². The minimum atomic E-state index is -0.811. The Labute approximate surface area is 580 Å². The zero-order valence-electron chi connectivity index (χ0n) is 59.3. The molecule has 0 aliphatic heterocycles. The van der Waals surface area contributed by atoms with Crippen molar-refractivity contribution in [3.63, 3.8) is 0 Å². The van der Waals surface area contributed by atoms with Crippen molar-refractivity contribution in [2.75, 3.05) is 72.0 Å². The van der Waals surface area contributed by atoms with Gasteiger partial charge < -0.3 is 126 Å². The quantitative estimate of drug-likeness (QED) is 0.0244. The number of carboxylic acids is 3. The summed E-state index contributed by atoms with van der Waals surface area (Å²) < 4.78 is 0. The van der Waals surface area contributed by atoms with Gasteiger partial charge in [0.1, 0.15) is 61.1 Å². The van der Waals surface area contributed by atoms with E-state index < -0.39 is 17.9 Å². The molecule has 0 rings (SSSR count). The van der Waals surface area contributed by atoms with Gasteiger partial charge in [-0.25, -0.2) is 0 Å². The van der Waals surface area contributed by atoms with Crippen LogP contribution in [0.25, 0.3) is 0 Å². The lowest BCUT2D eigenvalue weighted by molar-refractivity contribution is -0.138. The SMILES string of the molecule is C.C.C.C=O.C=O.C=O.C=O.C=O.C=O.C=O.C=O.C=O.CCCCCCCC(=O)NCCCC(=O)O.CCCCCCCCCCCC(=O)NCCCCCN.CCCN.CCCN.CCCN.CCN.CCN.CCN.NC=O.NCCCC(=O)O.NCCCC(=O)O. The van der Waals surface area contributed by atoms with E-state index in [4.69, 9.17) is 115 Å². The van der Waals surface area contributed by atoms with E-state index in [0.29, 0.717) is 51.7 Å². The van der Waals surface area contributed by atoms with Crippen LogP contribution in [0, 0.1) is 0 Å². The second-order valence-corrected chi connectivity index (χ2v) is 16.1. The van der Waals surface area contributed by atoms with Crippen LogP contribution in [0.1, 0.15) is 257 Å². The van der Waals surface area contributed by atoms with Crippen LogP contribution in [0.4, 0.5) is 0 Å². The monoisotopic (exact) mass is 1400 g/mol. The lowest BCUT2D eigenvalue weighted by Crippen LogP contribution is -2.24. The molecule has 0 aromatic rings. The topological polar surface area (TPSA) is 601 Å². The third-order valence-electron chi connectivity index (χ3n) is 8.16. The van der Waals surface area contributed by atoms with Gasteiger partial charge in [0.25, 0.3) is 0 Å². The molecule has 0 bridgehead atoms. The van der Waals surface area contributed by atoms with E-state index in [-0.39, 0.29) is 59.8 Å². The highest BCUT2D eigenvalue weighted by Crippen LogP contribution is 2.10. The average molecular weight is 1400 g/mol. The van der Waals surface area contributed by atoms with Gasteiger partial charge in [-0.15, -0.1) is 0 Å². The molecule has 95 heavy (non-hydrogen) atoms. The van der Waals surface area contributed by atoms with Crippen molar-refractivity contribution in [2.24, 2.45) is 57.3 Å². The fourth-order valence-corrected chi connectivity index (χ4v) is 4.31. The molecule has 0 spiro atoms. The van der Waals surface area contributed by atoms with E-state index >= 15 is 0 Å². The summed E-state index contributed by atoms with van der Waals surface area (Å²) in [4.78, 5) is 133. The van der Waals surface area contributed by atoms with Crippen LogP contribution in [0.5, 0.6) is 0 Å². The molecule has 30 nitrogen and oxygen atoms in total. The third kappa shape index (κ3) is 480. The molecule has 0 aromatic carbocycles. The zero-order chi connectivity index (χ0) is 77.6. The summed E-state index contributed by atoms with van der Waals surface area (Å²) in [5.74, 6) is -2.09. The largest absolute Gasteiger partial charge is 0.481 e. The predicted octanol–water partition coefficient (Wildman–Crippen LogP) is 6.41. The lowest BCUT2D eigenvalue weighted by atomic mass is 10.1. The van der Waals surface area contributed by atoms with E-state index in [1.807, 2.05) is 81.9 Å². The number of unbranched alkanes of at least 4 members (excludes halogenated alkanes) is 14. The summed E-state index contributed by atoms with van der Waals surface area (Å²) in [6, 6.07) is 0. The molecular formula is C65H158N12O18. The van der Waals surface area contributed by atoms with Crippen molar-refractivity contribution in [2.45, 2.75) is 257 Å². The van der Waals surface area contributed by atoms with Crippen LogP contribution in [0.2, 0.25) is 0 Å². The summed E-state index contributed by atoms with van der Waals surface area (Å²) in [5, 5.41) is 30.1. The molecule has 0 aromatic heterocycles. The Morgan fingerprint density at radius 1 is 0.284 bits per heavy atom. The van der Waals surface area contributed by atoms with Crippen molar-refractivity contribution in [1.82, 2.24) is 10.6 Å². The molecule has 0 saturated carbocycles. The van der Waals surface area contributed by atoms with Gasteiger partial charge in [0.15, 0.2) is 0 Å². The van der Waals surface area contributed by atoms with Crippen LogP contribution in [0.3, 0.4) is 0 Å². The summed E-state index contributed by atoms with van der Waals surface area (Å²) in [5.41, 5.74) is 49.2. The first kappa shape index (κ1) is 158. The minimum absolute atomic E-state index is 0. The van der Waals surface area contributed by atoms with Crippen molar-refractivity contribution in [3.05, 3.63) is 0 Å². The van der Waals surface area contributed by atoms with Crippen LogP contribution >= 0.6 is 0 Å². The average Bonchev–Trinajstić information content (AvgIpc) is 3.80. The molecule has 25 N–H and O–H groups in total. The summed E-state index contributed by atoms with van der Waals surface area (Å²) in [6.45, 7) is 42.0. The Morgan fingerprint density at radius 3 is 0.621 bits per heavy atom. The second-order valence-electron chi connectivity index (χ2n) is 16.1. The maximum atomic E-state index is 11.5. The molecule has 0 unspecified atom stereocenters. The number of carbonyl (C=O) groups excluding carboxylic acids is 12. The van der Waals surface area contributed by atoms with Crippen molar-refractivity contribution in [3.8, 4) is 0 Å². The van der Waals surface area contributed by atoms with E-state index in [1.54, 1.807) is 0 Å². The number of primary amides is 1. The number of amides is 3. The second kappa shape index (κ2) is 257. The number of hydrogen-bond acceptors (Lipinski definition) is 24. The molecule has 30 heteroatoms. The molecule has 0 fully saturated rings. The van der Waals surface area contributed by atoms with Gasteiger partial charge in [0, 0.05) is 45.2 Å². The van der Waals surface area contributed by atoms with Gasteiger partial charge in [-0.05, 0) is 123 Å². The third-order valence-corrected chi connectivity index (χ3v) is 8.16. The van der Waals surface area contributed by atoms with Gasteiger partial charge in [0.2, 0.25) is 18.2 Å². The maximum Gasteiger partial charge on any atom is 0.303 e. The van der Waals surface area contributed by atoms with Crippen LogP contribution in [-0.2, 0) is 71.9 Å². The number of nitrogens with one attached hydrogen (secondary N) is 2. The number of hydrogen-bond donors (Lipinski definition) is 15. The first-order valence-electron chi connectivity index (χ1n) is 30.7. The first-order chi connectivity index (χ1) is 44.4. The summed E-state index contributed by atoms with van der Waals surface area (Å²) in [7, 11) is 0. The first-order valence-corrected chi connectivity index (χ1v) is 30.7. The summed E-state index contributed by atoms with van der Waals surface area (Å²) >= 11 is 0. The molecule has 0 aliphatic carbocycles. The lowest BCUT2D eigenvalue weighted by Gasteiger charge is -2.05. The van der Waals surface area contributed by atoms with Gasteiger partial charge in [-0.3, -0.25) is 28.8 Å². The van der Waals surface area contributed by atoms with E-state index in [9.17, 15) is 24.0 Å². The number of carbonyl (C=O) groups is 15. The number of rotatable bonds is 34.